The highest BCUT2D eigenvalue weighted by molar-refractivity contribution is 7.07. The minimum absolute atomic E-state index is 0.200. The van der Waals surface area contributed by atoms with Crippen molar-refractivity contribution in [1.29, 1.82) is 0 Å². The van der Waals surface area contributed by atoms with Gasteiger partial charge in [-0.3, -0.25) is 14.2 Å². The summed E-state index contributed by atoms with van der Waals surface area (Å²) in [5.74, 6) is -0.250. The van der Waals surface area contributed by atoms with Crippen LogP contribution < -0.4 is 25.1 Å². The van der Waals surface area contributed by atoms with Crippen molar-refractivity contribution in [2.24, 2.45) is 4.99 Å². The molecule has 0 fully saturated rings. The Labute approximate surface area is 169 Å². The molecule has 0 saturated heterocycles. The predicted molar refractivity (Wildman–Crippen MR) is 110 cm³/mol. The van der Waals surface area contributed by atoms with E-state index in [0.717, 1.165) is 22.5 Å². The lowest BCUT2D eigenvalue weighted by Crippen LogP contribution is -2.43. The number of hydrogen-bond donors (Lipinski definition) is 1. The zero-order valence-electron chi connectivity index (χ0n) is 14.9. The lowest BCUT2D eigenvalue weighted by molar-refractivity contribution is -0.110. The SMILES string of the molecule is Cc1ccc(N2CN=c3s/c(=C4/C(=O)Nc5ccccc54)c(=O)n3C2)cc1Cl. The lowest BCUT2D eigenvalue weighted by atomic mass is 10.1. The second kappa shape index (κ2) is 6.32. The first-order valence-corrected chi connectivity index (χ1v) is 9.92. The quantitative estimate of drug-likeness (QED) is 0.668. The summed E-state index contributed by atoms with van der Waals surface area (Å²) in [5.41, 5.74) is 3.61. The van der Waals surface area contributed by atoms with Crippen molar-refractivity contribution in [1.82, 2.24) is 4.57 Å². The summed E-state index contributed by atoms with van der Waals surface area (Å²) in [6.45, 7) is 2.74. The number of aromatic nitrogens is 1. The van der Waals surface area contributed by atoms with Crippen LogP contribution in [0.15, 0.2) is 52.3 Å². The minimum Gasteiger partial charge on any atom is -0.334 e. The normalized spacial score (nSPS) is 17.1. The van der Waals surface area contributed by atoms with Crippen molar-refractivity contribution in [2.75, 3.05) is 16.9 Å². The van der Waals surface area contributed by atoms with Crippen molar-refractivity contribution in [3.05, 3.63) is 78.3 Å². The van der Waals surface area contributed by atoms with Crippen molar-refractivity contribution < 1.29 is 4.79 Å². The number of para-hydroxylation sites is 1. The Morgan fingerprint density at radius 2 is 2.00 bits per heavy atom. The van der Waals surface area contributed by atoms with Crippen LogP contribution in [0.3, 0.4) is 0 Å². The summed E-state index contributed by atoms with van der Waals surface area (Å²) in [7, 11) is 0. The third kappa shape index (κ3) is 2.58. The van der Waals surface area contributed by atoms with Gasteiger partial charge >= 0.3 is 0 Å². The van der Waals surface area contributed by atoms with E-state index in [4.69, 9.17) is 11.6 Å². The molecule has 140 valence electrons. The average Bonchev–Trinajstić information content (AvgIpc) is 3.19. The van der Waals surface area contributed by atoms with E-state index in [1.54, 1.807) is 4.57 Å². The van der Waals surface area contributed by atoms with E-state index in [0.29, 0.717) is 33.3 Å². The van der Waals surface area contributed by atoms with Crippen molar-refractivity contribution in [2.45, 2.75) is 13.6 Å². The summed E-state index contributed by atoms with van der Waals surface area (Å²) >= 11 is 7.51. The van der Waals surface area contributed by atoms with E-state index in [2.05, 4.69) is 10.3 Å². The maximum Gasteiger partial charge on any atom is 0.272 e. The van der Waals surface area contributed by atoms with Gasteiger partial charge in [0.2, 0.25) is 0 Å². The Morgan fingerprint density at radius 1 is 1.18 bits per heavy atom. The highest BCUT2D eigenvalue weighted by Crippen LogP contribution is 2.29. The van der Waals surface area contributed by atoms with Crippen LogP contribution in [-0.4, -0.2) is 17.1 Å². The molecule has 0 bridgehead atoms. The van der Waals surface area contributed by atoms with Gasteiger partial charge in [-0.05, 0) is 30.7 Å². The number of anilines is 2. The Balaban J connectivity index is 1.63. The molecule has 2 aliphatic rings. The van der Waals surface area contributed by atoms with Gasteiger partial charge in [0, 0.05) is 22.0 Å². The molecule has 0 saturated carbocycles. The fourth-order valence-corrected chi connectivity index (χ4v) is 4.68. The predicted octanol–water partition coefficient (Wildman–Crippen LogP) is 2.08. The third-order valence-corrected chi connectivity index (χ3v) is 6.49. The highest BCUT2D eigenvalue weighted by atomic mass is 35.5. The van der Waals surface area contributed by atoms with E-state index < -0.39 is 0 Å². The van der Waals surface area contributed by atoms with Crippen molar-refractivity contribution in [3.8, 4) is 0 Å². The number of nitrogens with zero attached hydrogens (tertiary/aromatic N) is 3. The number of benzene rings is 2. The monoisotopic (exact) mass is 410 g/mol. The molecule has 28 heavy (non-hydrogen) atoms. The minimum atomic E-state index is -0.250. The molecule has 0 unspecified atom stereocenters. The Kier molecular flexibility index (Phi) is 3.89. The van der Waals surface area contributed by atoms with Gasteiger partial charge in [-0.2, -0.15) is 0 Å². The summed E-state index contributed by atoms with van der Waals surface area (Å²) < 4.78 is 2.03. The molecule has 8 heteroatoms. The van der Waals surface area contributed by atoms with Gasteiger partial charge in [-0.25, -0.2) is 4.99 Å². The summed E-state index contributed by atoms with van der Waals surface area (Å²) in [4.78, 5) is 32.8. The molecule has 1 aromatic heterocycles. The Morgan fingerprint density at radius 3 is 2.82 bits per heavy atom. The lowest BCUT2D eigenvalue weighted by Gasteiger charge is -2.26. The smallest absolute Gasteiger partial charge is 0.272 e. The number of nitrogens with one attached hydrogen (secondary N) is 1. The molecule has 1 amide bonds. The molecule has 2 aromatic carbocycles. The van der Waals surface area contributed by atoms with Gasteiger partial charge in [0.05, 0.1) is 5.57 Å². The average molecular weight is 411 g/mol. The van der Waals surface area contributed by atoms with Gasteiger partial charge in [-0.1, -0.05) is 47.2 Å². The zero-order chi connectivity index (χ0) is 19.4. The van der Waals surface area contributed by atoms with Crippen LogP contribution in [0.4, 0.5) is 11.4 Å². The first kappa shape index (κ1) is 17.2. The second-order valence-electron chi connectivity index (χ2n) is 6.74. The fraction of sp³-hybridized carbons (Fsp3) is 0.150. The zero-order valence-corrected chi connectivity index (χ0v) is 16.5. The molecule has 3 aromatic rings. The van der Waals surface area contributed by atoms with Crippen LogP contribution >= 0.6 is 22.9 Å². The molecule has 0 spiro atoms. The molecule has 5 rings (SSSR count). The summed E-state index contributed by atoms with van der Waals surface area (Å²) in [6.07, 6.45) is 0. The molecular formula is C20H15ClN4O2S. The van der Waals surface area contributed by atoms with Crippen LogP contribution in [0.1, 0.15) is 11.1 Å². The van der Waals surface area contributed by atoms with Crippen LogP contribution in [-0.2, 0) is 11.5 Å². The Bertz CT molecular complexity index is 1320. The molecule has 0 atom stereocenters. The number of carbonyl (C=O) groups is 1. The molecule has 2 aliphatic heterocycles. The molecule has 0 radical (unpaired) electrons. The maximum absolute atomic E-state index is 13.1. The third-order valence-electron chi connectivity index (χ3n) is 4.97. The molecule has 0 aliphatic carbocycles. The summed E-state index contributed by atoms with van der Waals surface area (Å²) in [5, 5.41) is 3.50. The first-order chi connectivity index (χ1) is 13.5. The molecule has 3 heterocycles. The highest BCUT2D eigenvalue weighted by Gasteiger charge is 2.27. The maximum atomic E-state index is 13.1. The Hall–Kier alpha value is -2.90. The largest absolute Gasteiger partial charge is 0.334 e. The van der Waals surface area contributed by atoms with Gasteiger partial charge in [-0.15, -0.1) is 0 Å². The molecule has 6 nitrogen and oxygen atoms in total. The van der Waals surface area contributed by atoms with Crippen molar-refractivity contribution >= 4 is 45.8 Å². The topological polar surface area (TPSA) is 66.7 Å². The number of amides is 1. The van der Waals surface area contributed by atoms with E-state index in [-0.39, 0.29) is 11.5 Å². The van der Waals surface area contributed by atoms with E-state index in [1.165, 1.54) is 11.3 Å². The van der Waals surface area contributed by atoms with Crippen LogP contribution in [0, 0.1) is 6.92 Å². The van der Waals surface area contributed by atoms with E-state index in [1.807, 2.05) is 54.3 Å². The number of fused-ring (bicyclic) bond motifs is 2. The number of rotatable bonds is 1. The number of hydrogen-bond acceptors (Lipinski definition) is 5. The number of carbonyl (C=O) groups excluding carboxylic acids is 1. The van der Waals surface area contributed by atoms with Gasteiger partial charge < -0.3 is 10.2 Å². The van der Waals surface area contributed by atoms with E-state index >= 15 is 0 Å². The number of halogens is 1. The standard InChI is InChI=1S/C20H15ClN4O2S/c1-11-6-7-12(8-14(11)21)24-9-22-20-25(10-24)19(27)17(28-20)16-13-4-2-3-5-15(13)23-18(16)26/h2-8H,9-10H2,1H3,(H,23,26)/b17-16+. The first-order valence-electron chi connectivity index (χ1n) is 8.73. The summed E-state index contributed by atoms with van der Waals surface area (Å²) in [6, 6.07) is 13.2. The van der Waals surface area contributed by atoms with Gasteiger partial charge in [0.15, 0.2) is 4.80 Å². The van der Waals surface area contributed by atoms with Crippen LogP contribution in [0.25, 0.3) is 5.57 Å². The van der Waals surface area contributed by atoms with Crippen molar-refractivity contribution in [3.63, 3.8) is 0 Å². The number of aryl methyl sites for hydroxylation is 1. The molecule has 1 N–H and O–H groups in total. The van der Waals surface area contributed by atoms with Crippen LogP contribution in [0.5, 0.6) is 0 Å². The van der Waals surface area contributed by atoms with Crippen LogP contribution in [0.2, 0.25) is 5.02 Å². The number of thiazole rings is 1. The fourth-order valence-electron chi connectivity index (χ4n) is 3.45. The van der Waals surface area contributed by atoms with E-state index in [9.17, 15) is 9.59 Å². The molecular weight excluding hydrogens is 396 g/mol. The second-order valence-corrected chi connectivity index (χ2v) is 8.12. The van der Waals surface area contributed by atoms with Gasteiger partial charge in [0.1, 0.15) is 17.9 Å². The van der Waals surface area contributed by atoms with Gasteiger partial charge in [0.25, 0.3) is 11.5 Å².